The van der Waals surface area contributed by atoms with Gasteiger partial charge < -0.3 is 24.3 Å². The first kappa shape index (κ1) is 22.3. The van der Waals surface area contributed by atoms with E-state index < -0.39 is 0 Å². The van der Waals surface area contributed by atoms with Crippen molar-refractivity contribution in [2.75, 3.05) is 34.0 Å². The molecule has 0 radical (unpaired) electrons. The number of aryl methyl sites for hydroxylation is 1. The van der Waals surface area contributed by atoms with E-state index in [4.69, 9.17) is 18.9 Å². The normalized spacial score (nSPS) is 10.8. The zero-order valence-corrected chi connectivity index (χ0v) is 16.5. The average Bonchev–Trinajstić information content (AvgIpc) is 2.65. The summed E-state index contributed by atoms with van der Waals surface area (Å²) in [6.45, 7) is 5.80. The molecule has 0 aromatic heterocycles. The van der Waals surface area contributed by atoms with E-state index in [0.717, 1.165) is 42.7 Å². The highest BCUT2D eigenvalue weighted by atomic mass is 16.7. The summed E-state index contributed by atoms with van der Waals surface area (Å²) in [4.78, 5) is 12.0. The Morgan fingerprint density at radius 2 is 1.81 bits per heavy atom. The predicted octanol–water partition coefficient (Wildman–Crippen LogP) is 3.32. The Hall–Kier alpha value is -1.79. The number of hydrogen-bond donors (Lipinski definition) is 1. The number of carbonyl (C=O) groups excluding carboxylic acids is 1. The number of nitrogens with one attached hydrogen (secondary N) is 1. The van der Waals surface area contributed by atoms with Crippen LogP contribution in [0.5, 0.6) is 11.5 Å². The van der Waals surface area contributed by atoms with Crippen LogP contribution in [-0.2, 0) is 20.7 Å². The van der Waals surface area contributed by atoms with Crippen molar-refractivity contribution in [3.8, 4) is 11.5 Å². The Bertz CT molecular complexity index is 515. The first-order valence-electron chi connectivity index (χ1n) is 9.35. The molecule has 0 aliphatic rings. The maximum atomic E-state index is 12.0. The molecule has 6 heteroatoms. The smallest absolute Gasteiger partial charge is 0.220 e. The third-order valence-corrected chi connectivity index (χ3v) is 3.98. The lowest BCUT2D eigenvalue weighted by Crippen LogP contribution is -2.26. The first-order valence-corrected chi connectivity index (χ1v) is 9.35. The summed E-state index contributed by atoms with van der Waals surface area (Å²) < 4.78 is 21.6. The van der Waals surface area contributed by atoms with E-state index in [0.29, 0.717) is 26.2 Å². The van der Waals surface area contributed by atoms with Crippen molar-refractivity contribution in [2.24, 2.45) is 0 Å². The van der Waals surface area contributed by atoms with Gasteiger partial charge in [-0.05, 0) is 56.9 Å². The Kier molecular flexibility index (Phi) is 11.5. The van der Waals surface area contributed by atoms with E-state index >= 15 is 0 Å². The monoisotopic (exact) mass is 367 g/mol. The number of rotatable bonds is 14. The van der Waals surface area contributed by atoms with Crippen LogP contribution in [0.2, 0.25) is 0 Å². The van der Waals surface area contributed by atoms with Crippen molar-refractivity contribution in [3.05, 3.63) is 23.8 Å². The number of hydrogen-bond acceptors (Lipinski definition) is 5. The Morgan fingerprint density at radius 1 is 1.08 bits per heavy atom. The summed E-state index contributed by atoms with van der Waals surface area (Å²) in [5.41, 5.74) is 1.05. The van der Waals surface area contributed by atoms with Gasteiger partial charge in [-0.15, -0.1) is 0 Å². The summed E-state index contributed by atoms with van der Waals surface area (Å²) in [6.07, 6.45) is 3.45. The van der Waals surface area contributed by atoms with Crippen molar-refractivity contribution in [2.45, 2.75) is 52.2 Å². The summed E-state index contributed by atoms with van der Waals surface area (Å²) in [5.74, 6) is 1.68. The van der Waals surface area contributed by atoms with E-state index in [9.17, 15) is 4.79 Å². The van der Waals surface area contributed by atoms with Crippen LogP contribution in [0, 0.1) is 0 Å². The highest BCUT2D eigenvalue weighted by Gasteiger charge is 2.09. The van der Waals surface area contributed by atoms with Crippen LogP contribution in [0.3, 0.4) is 0 Å². The largest absolute Gasteiger partial charge is 0.497 e. The lowest BCUT2D eigenvalue weighted by Gasteiger charge is -2.16. The fraction of sp³-hybridized carbons (Fsp3) is 0.650. The summed E-state index contributed by atoms with van der Waals surface area (Å²) >= 11 is 0. The molecule has 0 bridgehead atoms. The molecule has 0 heterocycles. The molecule has 26 heavy (non-hydrogen) atoms. The van der Waals surface area contributed by atoms with Gasteiger partial charge in [-0.2, -0.15) is 0 Å². The SMILES string of the molecule is CCOC(CCCNC(=O)CCCc1cc(OC)ccc1OC)OCC. The lowest BCUT2D eigenvalue weighted by atomic mass is 10.1. The molecule has 0 aliphatic heterocycles. The molecule has 1 rings (SSSR count). The van der Waals surface area contributed by atoms with E-state index in [1.807, 2.05) is 32.0 Å². The van der Waals surface area contributed by atoms with Crippen molar-refractivity contribution in [1.82, 2.24) is 5.32 Å². The maximum Gasteiger partial charge on any atom is 0.220 e. The summed E-state index contributed by atoms with van der Waals surface area (Å²) in [5, 5.41) is 2.95. The fourth-order valence-electron chi connectivity index (χ4n) is 2.69. The van der Waals surface area contributed by atoms with Gasteiger partial charge in [0.1, 0.15) is 11.5 Å². The first-order chi connectivity index (χ1) is 12.6. The molecule has 148 valence electrons. The van der Waals surface area contributed by atoms with Crippen molar-refractivity contribution in [1.29, 1.82) is 0 Å². The van der Waals surface area contributed by atoms with Crippen molar-refractivity contribution < 1.29 is 23.7 Å². The molecule has 0 aliphatic carbocycles. The minimum absolute atomic E-state index is 0.0660. The summed E-state index contributed by atoms with van der Waals surface area (Å²) in [6, 6.07) is 5.71. The number of methoxy groups -OCH3 is 2. The Balaban J connectivity index is 2.26. The zero-order valence-electron chi connectivity index (χ0n) is 16.5. The molecule has 0 fully saturated rings. The van der Waals surface area contributed by atoms with Crippen LogP contribution < -0.4 is 14.8 Å². The lowest BCUT2D eigenvalue weighted by molar-refractivity contribution is -0.140. The third-order valence-electron chi connectivity index (χ3n) is 3.98. The molecule has 0 spiro atoms. The number of carbonyl (C=O) groups is 1. The highest BCUT2D eigenvalue weighted by Crippen LogP contribution is 2.25. The van der Waals surface area contributed by atoms with Crippen LogP contribution in [-0.4, -0.2) is 46.2 Å². The fourth-order valence-corrected chi connectivity index (χ4v) is 2.69. The van der Waals surface area contributed by atoms with Crippen LogP contribution in [0.25, 0.3) is 0 Å². The van der Waals surface area contributed by atoms with Gasteiger partial charge in [-0.1, -0.05) is 0 Å². The zero-order chi connectivity index (χ0) is 19.2. The number of amides is 1. The van der Waals surface area contributed by atoms with Crippen molar-refractivity contribution >= 4 is 5.91 Å². The van der Waals surface area contributed by atoms with Crippen LogP contribution in [0.4, 0.5) is 0 Å². The number of ether oxygens (including phenoxy) is 4. The molecule has 6 nitrogen and oxygen atoms in total. The second-order valence-corrected chi connectivity index (χ2v) is 5.86. The summed E-state index contributed by atoms with van der Waals surface area (Å²) in [7, 11) is 3.29. The molecule has 0 atom stereocenters. The van der Waals surface area contributed by atoms with E-state index in [1.165, 1.54) is 0 Å². The molecule has 1 aromatic carbocycles. The van der Waals surface area contributed by atoms with Crippen LogP contribution >= 0.6 is 0 Å². The molecule has 0 saturated heterocycles. The van der Waals surface area contributed by atoms with Gasteiger partial charge in [0, 0.05) is 32.6 Å². The molecule has 1 amide bonds. The quantitative estimate of drug-likeness (QED) is 0.404. The Morgan fingerprint density at radius 3 is 2.42 bits per heavy atom. The molecule has 0 unspecified atom stereocenters. The van der Waals surface area contributed by atoms with E-state index in [-0.39, 0.29) is 12.2 Å². The van der Waals surface area contributed by atoms with Gasteiger partial charge in [0.2, 0.25) is 5.91 Å². The van der Waals surface area contributed by atoms with Gasteiger partial charge >= 0.3 is 0 Å². The van der Waals surface area contributed by atoms with E-state index in [1.54, 1.807) is 14.2 Å². The molecule has 1 aromatic rings. The van der Waals surface area contributed by atoms with E-state index in [2.05, 4.69) is 5.32 Å². The molecular formula is C20H33NO5. The second kappa shape index (κ2) is 13.4. The highest BCUT2D eigenvalue weighted by molar-refractivity contribution is 5.75. The molecule has 1 N–H and O–H groups in total. The van der Waals surface area contributed by atoms with Crippen LogP contribution in [0.15, 0.2) is 18.2 Å². The standard InChI is InChI=1S/C20H33NO5/c1-5-25-20(26-6-2)11-8-14-21-19(22)10-7-9-16-15-17(23-3)12-13-18(16)24-4/h12-13,15,20H,5-11,14H2,1-4H3,(H,21,22). The van der Waals surface area contributed by atoms with Gasteiger partial charge in [0.05, 0.1) is 14.2 Å². The molecule has 0 saturated carbocycles. The second-order valence-electron chi connectivity index (χ2n) is 5.86. The van der Waals surface area contributed by atoms with Gasteiger partial charge in [-0.25, -0.2) is 0 Å². The molecular weight excluding hydrogens is 334 g/mol. The maximum absolute atomic E-state index is 12.0. The van der Waals surface area contributed by atoms with Crippen LogP contribution in [0.1, 0.15) is 45.1 Å². The Labute approximate surface area is 157 Å². The number of benzene rings is 1. The third kappa shape index (κ3) is 8.54. The minimum atomic E-state index is -0.178. The minimum Gasteiger partial charge on any atom is -0.497 e. The van der Waals surface area contributed by atoms with Gasteiger partial charge in [0.15, 0.2) is 6.29 Å². The average molecular weight is 367 g/mol. The topological polar surface area (TPSA) is 66.0 Å². The van der Waals surface area contributed by atoms with Gasteiger partial charge in [0.25, 0.3) is 0 Å². The van der Waals surface area contributed by atoms with Gasteiger partial charge in [-0.3, -0.25) is 4.79 Å². The van der Waals surface area contributed by atoms with Crippen molar-refractivity contribution in [3.63, 3.8) is 0 Å². The predicted molar refractivity (Wildman–Crippen MR) is 102 cm³/mol.